The van der Waals surface area contributed by atoms with Crippen LogP contribution in [0.25, 0.3) is 33.1 Å². The normalized spacial score (nSPS) is 11.2. The maximum atomic E-state index is 12.7. The van der Waals surface area contributed by atoms with Crippen LogP contribution in [0.2, 0.25) is 5.02 Å². The van der Waals surface area contributed by atoms with Gasteiger partial charge < -0.3 is 13.6 Å². The first-order valence-corrected chi connectivity index (χ1v) is 10.3. The van der Waals surface area contributed by atoms with Crippen LogP contribution in [-0.2, 0) is 6.61 Å². The maximum absolute atomic E-state index is 12.7. The number of benzene rings is 3. The lowest BCUT2D eigenvalue weighted by Crippen LogP contribution is -2.06. The van der Waals surface area contributed by atoms with E-state index < -0.39 is 11.3 Å². The van der Waals surface area contributed by atoms with E-state index in [0.29, 0.717) is 44.9 Å². The van der Waals surface area contributed by atoms with Gasteiger partial charge in [0.2, 0.25) is 0 Å². The molecular weight excluding hydrogens is 428 g/mol. The maximum Gasteiger partial charge on any atom is 0.344 e. The molecule has 0 unspecified atom stereocenters. The number of hydrogen-bond donors (Lipinski definition) is 0. The summed E-state index contributed by atoms with van der Waals surface area (Å²) in [6, 6.07) is 21.1. The number of fused-ring (bicyclic) bond motifs is 2. The molecule has 6 heteroatoms. The van der Waals surface area contributed by atoms with Crippen molar-refractivity contribution in [3.63, 3.8) is 0 Å². The van der Waals surface area contributed by atoms with Crippen LogP contribution in [0.15, 0.2) is 91.2 Å². The molecule has 158 valence electrons. The Bertz CT molecular complexity index is 1600. The van der Waals surface area contributed by atoms with Crippen LogP contribution in [0.4, 0.5) is 0 Å². The van der Waals surface area contributed by atoms with Crippen LogP contribution >= 0.6 is 11.6 Å². The van der Waals surface area contributed by atoms with Gasteiger partial charge in [-0.25, -0.2) is 9.59 Å². The van der Waals surface area contributed by atoms with Crippen LogP contribution in [0.5, 0.6) is 5.75 Å². The lowest BCUT2D eigenvalue weighted by molar-refractivity contribution is 0.305. The SMILES string of the molecule is Cc1ccccc1COc1ccc2c(-c3cc4cc(Cl)ccc4oc3=O)cc(=O)oc2c1. The fourth-order valence-electron chi connectivity index (χ4n) is 3.67. The van der Waals surface area contributed by atoms with E-state index in [-0.39, 0.29) is 5.56 Å². The van der Waals surface area contributed by atoms with Crippen molar-refractivity contribution in [2.24, 2.45) is 0 Å². The minimum absolute atomic E-state index is 0.256. The summed E-state index contributed by atoms with van der Waals surface area (Å²) in [5.41, 5.74) is 2.49. The zero-order chi connectivity index (χ0) is 22.2. The first-order valence-electron chi connectivity index (χ1n) is 9.97. The van der Waals surface area contributed by atoms with Gasteiger partial charge in [-0.05, 0) is 54.4 Å². The van der Waals surface area contributed by atoms with Gasteiger partial charge in [-0.15, -0.1) is 0 Å². The molecule has 5 rings (SSSR count). The third kappa shape index (κ3) is 3.79. The van der Waals surface area contributed by atoms with Gasteiger partial charge in [-0.3, -0.25) is 0 Å². The van der Waals surface area contributed by atoms with Crippen molar-refractivity contribution in [3.8, 4) is 16.9 Å². The van der Waals surface area contributed by atoms with Crippen molar-refractivity contribution < 1.29 is 13.6 Å². The number of hydrogen-bond acceptors (Lipinski definition) is 5. The molecule has 3 aromatic carbocycles. The van der Waals surface area contributed by atoms with Crippen molar-refractivity contribution in [3.05, 3.63) is 110 Å². The molecule has 2 heterocycles. The molecular formula is C26H17ClO5. The fourth-order valence-corrected chi connectivity index (χ4v) is 3.85. The van der Waals surface area contributed by atoms with E-state index in [4.69, 9.17) is 25.2 Å². The predicted octanol–water partition coefficient (Wildman–Crippen LogP) is 6.11. The topological polar surface area (TPSA) is 69.7 Å². The van der Waals surface area contributed by atoms with E-state index in [1.807, 2.05) is 31.2 Å². The van der Waals surface area contributed by atoms with Gasteiger partial charge >= 0.3 is 11.3 Å². The Labute approximate surface area is 187 Å². The highest BCUT2D eigenvalue weighted by Gasteiger charge is 2.15. The van der Waals surface area contributed by atoms with Crippen molar-refractivity contribution in [2.75, 3.05) is 0 Å². The summed E-state index contributed by atoms with van der Waals surface area (Å²) < 4.78 is 16.7. The molecule has 0 saturated heterocycles. The molecule has 2 aromatic heterocycles. The zero-order valence-corrected chi connectivity index (χ0v) is 17.8. The Kier molecular flexibility index (Phi) is 5.04. The Morgan fingerprint density at radius 3 is 2.53 bits per heavy atom. The molecule has 0 atom stereocenters. The Morgan fingerprint density at radius 1 is 0.844 bits per heavy atom. The lowest BCUT2D eigenvalue weighted by atomic mass is 10.0. The van der Waals surface area contributed by atoms with Crippen molar-refractivity contribution in [1.29, 1.82) is 0 Å². The van der Waals surface area contributed by atoms with E-state index >= 15 is 0 Å². The van der Waals surface area contributed by atoms with Crippen LogP contribution in [0.3, 0.4) is 0 Å². The molecule has 0 fully saturated rings. The van der Waals surface area contributed by atoms with Crippen molar-refractivity contribution in [2.45, 2.75) is 13.5 Å². The van der Waals surface area contributed by atoms with E-state index in [9.17, 15) is 9.59 Å². The van der Waals surface area contributed by atoms with Gasteiger partial charge in [-0.2, -0.15) is 0 Å². The molecule has 0 radical (unpaired) electrons. The predicted molar refractivity (Wildman–Crippen MR) is 124 cm³/mol. The van der Waals surface area contributed by atoms with Crippen LogP contribution < -0.4 is 16.0 Å². The third-order valence-electron chi connectivity index (χ3n) is 5.36. The number of aryl methyl sites for hydroxylation is 1. The van der Waals surface area contributed by atoms with Gasteiger partial charge in [0.15, 0.2) is 0 Å². The summed E-state index contributed by atoms with van der Waals surface area (Å²) in [5, 5.41) is 1.78. The van der Waals surface area contributed by atoms with Crippen LogP contribution in [-0.4, -0.2) is 0 Å². The largest absolute Gasteiger partial charge is 0.489 e. The van der Waals surface area contributed by atoms with Gasteiger partial charge in [0.25, 0.3) is 0 Å². The molecule has 0 aliphatic carbocycles. The number of ether oxygens (including phenoxy) is 1. The molecule has 0 bridgehead atoms. The average Bonchev–Trinajstić information content (AvgIpc) is 2.77. The number of rotatable bonds is 4. The average molecular weight is 445 g/mol. The molecule has 0 aliphatic heterocycles. The lowest BCUT2D eigenvalue weighted by Gasteiger charge is -2.10. The van der Waals surface area contributed by atoms with Gasteiger partial charge in [-0.1, -0.05) is 35.9 Å². The first kappa shape index (κ1) is 20.1. The zero-order valence-electron chi connectivity index (χ0n) is 17.1. The molecule has 0 spiro atoms. The van der Waals surface area contributed by atoms with E-state index in [2.05, 4.69) is 0 Å². The third-order valence-corrected chi connectivity index (χ3v) is 5.59. The van der Waals surface area contributed by atoms with Gasteiger partial charge in [0, 0.05) is 33.5 Å². The van der Waals surface area contributed by atoms with Crippen LogP contribution in [0, 0.1) is 6.92 Å². The van der Waals surface area contributed by atoms with Crippen molar-refractivity contribution in [1.82, 2.24) is 0 Å². The summed E-state index contributed by atoms with van der Waals surface area (Å²) in [6.45, 7) is 2.41. The summed E-state index contributed by atoms with van der Waals surface area (Å²) in [6.07, 6.45) is 0. The smallest absolute Gasteiger partial charge is 0.344 e. The summed E-state index contributed by atoms with van der Waals surface area (Å²) in [7, 11) is 0. The Balaban J connectivity index is 1.58. The van der Waals surface area contributed by atoms with Gasteiger partial charge in [0.05, 0.1) is 5.56 Å². The van der Waals surface area contributed by atoms with Gasteiger partial charge in [0.1, 0.15) is 23.5 Å². The molecule has 0 saturated carbocycles. The second-order valence-corrected chi connectivity index (χ2v) is 7.92. The molecule has 5 nitrogen and oxygen atoms in total. The molecule has 32 heavy (non-hydrogen) atoms. The Morgan fingerprint density at radius 2 is 1.69 bits per heavy atom. The fraction of sp³-hybridized carbons (Fsp3) is 0.0769. The first-order chi connectivity index (χ1) is 15.5. The quantitative estimate of drug-likeness (QED) is 0.313. The highest BCUT2D eigenvalue weighted by atomic mass is 35.5. The second-order valence-electron chi connectivity index (χ2n) is 7.48. The summed E-state index contributed by atoms with van der Waals surface area (Å²) in [5.74, 6) is 0.554. The molecule has 5 aromatic rings. The molecule has 0 aliphatic rings. The highest BCUT2D eigenvalue weighted by molar-refractivity contribution is 6.31. The van der Waals surface area contributed by atoms with E-state index in [0.717, 1.165) is 11.1 Å². The van der Waals surface area contributed by atoms with E-state index in [1.54, 1.807) is 42.5 Å². The van der Waals surface area contributed by atoms with Crippen LogP contribution in [0.1, 0.15) is 11.1 Å². The monoisotopic (exact) mass is 444 g/mol. The highest BCUT2D eigenvalue weighted by Crippen LogP contribution is 2.30. The van der Waals surface area contributed by atoms with Crippen molar-refractivity contribution >= 4 is 33.5 Å². The summed E-state index contributed by atoms with van der Waals surface area (Å²) in [4.78, 5) is 25.0. The summed E-state index contributed by atoms with van der Waals surface area (Å²) >= 11 is 6.08. The minimum Gasteiger partial charge on any atom is -0.489 e. The molecule has 0 amide bonds. The molecule has 0 N–H and O–H groups in total. The minimum atomic E-state index is -0.575. The number of halogens is 1. The Hall–Kier alpha value is -3.83. The standard InChI is InChI=1S/C26H17ClO5/c1-15-4-2-3-5-16(15)14-30-19-7-8-20-21(13-25(28)31-24(20)12-19)22-11-17-10-18(27)6-9-23(17)32-26(22)29/h2-13H,14H2,1H3. The second kappa shape index (κ2) is 8.02. The van der Waals surface area contributed by atoms with E-state index in [1.165, 1.54) is 6.07 Å².